The van der Waals surface area contributed by atoms with Gasteiger partial charge in [0.25, 0.3) is 0 Å². The molecular formula is C15H18F3N3O3. The molecule has 2 amide bonds. The maximum Gasteiger partial charge on any atom is 0.433 e. The highest BCUT2D eigenvalue weighted by Gasteiger charge is 2.35. The van der Waals surface area contributed by atoms with Crippen molar-refractivity contribution in [1.29, 1.82) is 0 Å². The lowest BCUT2D eigenvalue weighted by Crippen LogP contribution is -2.59. The molecule has 2 aliphatic rings. The van der Waals surface area contributed by atoms with E-state index in [-0.39, 0.29) is 24.0 Å². The van der Waals surface area contributed by atoms with Crippen molar-refractivity contribution in [3.63, 3.8) is 0 Å². The number of nitrogens with one attached hydrogen (secondary N) is 1. The Morgan fingerprint density at radius 2 is 2.25 bits per heavy atom. The number of rotatable bonds is 4. The van der Waals surface area contributed by atoms with Gasteiger partial charge < -0.3 is 19.7 Å². The Bertz CT molecular complexity index is 585. The second kappa shape index (κ2) is 6.84. The van der Waals surface area contributed by atoms with Gasteiger partial charge in [0.1, 0.15) is 17.5 Å². The molecule has 9 heteroatoms. The highest BCUT2D eigenvalue weighted by atomic mass is 19.4. The number of aromatic nitrogens is 1. The van der Waals surface area contributed by atoms with Crippen molar-refractivity contribution in [3.05, 3.63) is 24.0 Å². The van der Waals surface area contributed by atoms with Crippen LogP contribution in [0.4, 0.5) is 18.0 Å². The molecule has 3 rings (SSSR count). The molecule has 3 heterocycles. The molecule has 0 bridgehead atoms. The van der Waals surface area contributed by atoms with E-state index < -0.39 is 11.9 Å². The Morgan fingerprint density at radius 1 is 1.46 bits per heavy atom. The number of hydrogen-bond donors (Lipinski definition) is 1. The summed E-state index contributed by atoms with van der Waals surface area (Å²) in [5.74, 6) is 0.0988. The van der Waals surface area contributed by atoms with Crippen LogP contribution < -0.4 is 10.1 Å². The summed E-state index contributed by atoms with van der Waals surface area (Å²) in [5.41, 5.74) is -0.995. The van der Waals surface area contributed by atoms with Crippen LogP contribution in [0.1, 0.15) is 18.5 Å². The van der Waals surface area contributed by atoms with Crippen LogP contribution in [0.25, 0.3) is 0 Å². The minimum Gasteiger partial charge on any atom is -0.487 e. The zero-order chi connectivity index (χ0) is 17.2. The Kier molecular flexibility index (Phi) is 4.79. The fourth-order valence-electron chi connectivity index (χ4n) is 2.63. The van der Waals surface area contributed by atoms with Crippen LogP contribution in [0.15, 0.2) is 18.3 Å². The third-order valence-corrected chi connectivity index (χ3v) is 3.96. The SMILES string of the molecule is O=C(NCC1CCCO1)N1CC(Oc2ccnc(C(F)(F)F)c2)C1. The van der Waals surface area contributed by atoms with Crippen LogP contribution in [0, 0.1) is 0 Å². The van der Waals surface area contributed by atoms with Crippen molar-refractivity contribution in [2.45, 2.75) is 31.2 Å². The fraction of sp³-hybridized carbons (Fsp3) is 0.600. The average Bonchev–Trinajstić information content (AvgIpc) is 3.01. The molecule has 2 fully saturated rings. The molecular weight excluding hydrogens is 327 g/mol. The summed E-state index contributed by atoms with van der Waals surface area (Å²) in [6.45, 7) is 1.87. The van der Waals surface area contributed by atoms with Gasteiger partial charge >= 0.3 is 12.2 Å². The Morgan fingerprint density at radius 3 is 2.92 bits per heavy atom. The maximum atomic E-state index is 12.6. The Balaban J connectivity index is 1.42. The zero-order valence-electron chi connectivity index (χ0n) is 12.9. The predicted octanol–water partition coefficient (Wildman–Crippen LogP) is 2.05. The fourth-order valence-corrected chi connectivity index (χ4v) is 2.63. The van der Waals surface area contributed by atoms with Crippen LogP contribution in [0.2, 0.25) is 0 Å². The Hall–Kier alpha value is -2.03. The van der Waals surface area contributed by atoms with Gasteiger partial charge in [0.2, 0.25) is 0 Å². The number of nitrogens with zero attached hydrogens (tertiary/aromatic N) is 2. The van der Waals surface area contributed by atoms with E-state index in [0.29, 0.717) is 19.6 Å². The monoisotopic (exact) mass is 345 g/mol. The smallest absolute Gasteiger partial charge is 0.433 e. The van der Waals surface area contributed by atoms with Gasteiger partial charge in [0, 0.05) is 25.4 Å². The number of amides is 2. The van der Waals surface area contributed by atoms with Gasteiger partial charge in [-0.1, -0.05) is 0 Å². The second-order valence-electron chi connectivity index (χ2n) is 5.84. The Labute approximate surface area is 136 Å². The molecule has 24 heavy (non-hydrogen) atoms. The summed E-state index contributed by atoms with van der Waals surface area (Å²) in [7, 11) is 0. The molecule has 0 radical (unpaired) electrons. The first kappa shape index (κ1) is 16.8. The van der Waals surface area contributed by atoms with E-state index >= 15 is 0 Å². The molecule has 0 aromatic carbocycles. The van der Waals surface area contributed by atoms with E-state index in [9.17, 15) is 18.0 Å². The largest absolute Gasteiger partial charge is 0.487 e. The van der Waals surface area contributed by atoms with Crippen LogP contribution in [-0.4, -0.2) is 54.4 Å². The number of carbonyl (C=O) groups excluding carboxylic acids is 1. The molecule has 1 atom stereocenters. The molecule has 1 aromatic heterocycles. The van der Waals surface area contributed by atoms with Gasteiger partial charge in [-0.05, 0) is 18.9 Å². The van der Waals surface area contributed by atoms with Gasteiger partial charge in [-0.3, -0.25) is 4.98 Å². The molecule has 1 aromatic rings. The molecule has 1 N–H and O–H groups in total. The number of urea groups is 1. The van der Waals surface area contributed by atoms with Crippen LogP contribution >= 0.6 is 0 Å². The van der Waals surface area contributed by atoms with E-state index in [0.717, 1.165) is 31.7 Å². The minimum atomic E-state index is -4.51. The second-order valence-corrected chi connectivity index (χ2v) is 5.84. The highest BCUT2D eigenvalue weighted by molar-refractivity contribution is 5.75. The summed E-state index contributed by atoms with van der Waals surface area (Å²) in [5, 5.41) is 2.79. The first-order valence-corrected chi connectivity index (χ1v) is 7.76. The lowest BCUT2D eigenvalue weighted by Gasteiger charge is -2.39. The number of halogens is 3. The molecule has 0 spiro atoms. The molecule has 0 aliphatic carbocycles. The lowest BCUT2D eigenvalue weighted by molar-refractivity contribution is -0.141. The van der Waals surface area contributed by atoms with E-state index in [4.69, 9.17) is 9.47 Å². The van der Waals surface area contributed by atoms with Crippen molar-refractivity contribution < 1.29 is 27.4 Å². The van der Waals surface area contributed by atoms with E-state index in [1.54, 1.807) is 4.90 Å². The average molecular weight is 345 g/mol. The number of likely N-dealkylation sites (tertiary alicyclic amines) is 1. The van der Waals surface area contributed by atoms with Gasteiger partial charge in [0.05, 0.1) is 19.2 Å². The zero-order valence-corrected chi connectivity index (χ0v) is 12.9. The molecule has 6 nitrogen and oxygen atoms in total. The van der Waals surface area contributed by atoms with Crippen molar-refractivity contribution in [3.8, 4) is 5.75 Å². The molecule has 132 valence electrons. The first-order chi connectivity index (χ1) is 11.4. The number of ether oxygens (including phenoxy) is 2. The third-order valence-electron chi connectivity index (χ3n) is 3.96. The number of carbonyl (C=O) groups is 1. The van der Waals surface area contributed by atoms with Crippen LogP contribution in [0.3, 0.4) is 0 Å². The van der Waals surface area contributed by atoms with Crippen molar-refractivity contribution in [2.24, 2.45) is 0 Å². The quantitative estimate of drug-likeness (QED) is 0.907. The summed E-state index contributed by atoms with van der Waals surface area (Å²) < 4.78 is 48.7. The summed E-state index contributed by atoms with van der Waals surface area (Å²) in [6.07, 6.45) is -1.75. The lowest BCUT2D eigenvalue weighted by atomic mass is 10.2. The van der Waals surface area contributed by atoms with Crippen molar-refractivity contribution in [2.75, 3.05) is 26.2 Å². The summed E-state index contributed by atoms with van der Waals surface area (Å²) in [4.78, 5) is 16.7. The van der Waals surface area contributed by atoms with E-state index in [1.165, 1.54) is 6.07 Å². The first-order valence-electron chi connectivity index (χ1n) is 7.76. The van der Waals surface area contributed by atoms with Gasteiger partial charge in [-0.2, -0.15) is 13.2 Å². The van der Waals surface area contributed by atoms with Crippen molar-refractivity contribution >= 4 is 6.03 Å². The minimum absolute atomic E-state index is 0.0693. The molecule has 2 aliphatic heterocycles. The topological polar surface area (TPSA) is 63.7 Å². The van der Waals surface area contributed by atoms with Gasteiger partial charge in [0.15, 0.2) is 0 Å². The predicted molar refractivity (Wildman–Crippen MR) is 77.6 cm³/mol. The van der Waals surface area contributed by atoms with Crippen molar-refractivity contribution in [1.82, 2.24) is 15.2 Å². The van der Waals surface area contributed by atoms with E-state index in [2.05, 4.69) is 10.3 Å². The summed E-state index contributed by atoms with van der Waals surface area (Å²) in [6, 6.07) is 2.02. The molecule has 2 saturated heterocycles. The van der Waals surface area contributed by atoms with E-state index in [1.807, 2.05) is 0 Å². The standard InChI is InChI=1S/C15H18F3N3O3/c16-15(17,18)13-6-10(3-4-19-13)24-12-8-21(9-12)14(22)20-7-11-2-1-5-23-11/h3-4,6,11-12H,1-2,5,7-9H2,(H,20,22). The number of hydrogen-bond acceptors (Lipinski definition) is 4. The number of pyridine rings is 1. The van der Waals surface area contributed by atoms with Crippen LogP contribution in [-0.2, 0) is 10.9 Å². The normalized spacial score (nSPS) is 21.5. The molecule has 0 saturated carbocycles. The van der Waals surface area contributed by atoms with Gasteiger partial charge in [-0.15, -0.1) is 0 Å². The summed E-state index contributed by atoms with van der Waals surface area (Å²) >= 11 is 0. The number of alkyl halides is 3. The third kappa shape index (κ3) is 4.08. The van der Waals surface area contributed by atoms with Gasteiger partial charge in [-0.25, -0.2) is 4.79 Å². The highest BCUT2D eigenvalue weighted by Crippen LogP contribution is 2.30. The van der Waals surface area contributed by atoms with Crippen LogP contribution in [0.5, 0.6) is 5.75 Å². The maximum absolute atomic E-state index is 12.6. The molecule has 1 unspecified atom stereocenters.